The zero-order valence-corrected chi connectivity index (χ0v) is 17.7. The van der Waals surface area contributed by atoms with Gasteiger partial charge in [-0.2, -0.15) is 13.2 Å². The number of hydrogen-bond acceptors (Lipinski definition) is 2. The summed E-state index contributed by atoms with van der Waals surface area (Å²) in [5.74, 6) is 1.06. The Balaban J connectivity index is 2.37. The van der Waals surface area contributed by atoms with Gasteiger partial charge in [-0.3, -0.25) is 0 Å². The van der Waals surface area contributed by atoms with Crippen LogP contribution in [0.1, 0.15) is 33.3 Å². The molecule has 0 aliphatic rings. The van der Waals surface area contributed by atoms with E-state index in [1.165, 1.54) is 12.1 Å². The number of rotatable bonds is 6. The van der Waals surface area contributed by atoms with Crippen LogP contribution >= 0.6 is 15.9 Å². The zero-order chi connectivity index (χ0) is 19.5. The fourth-order valence-electron chi connectivity index (χ4n) is 2.75. The fourth-order valence-corrected chi connectivity index (χ4v) is 6.61. The zero-order valence-electron chi connectivity index (χ0n) is 15.1. The molecule has 0 saturated carbocycles. The lowest BCUT2D eigenvalue weighted by molar-refractivity contribution is -0.137. The first-order valence-corrected chi connectivity index (χ1v) is 11.1. The van der Waals surface area contributed by atoms with Crippen molar-refractivity contribution in [1.29, 1.82) is 0 Å². The maximum absolute atomic E-state index is 12.8. The Bertz CT molecular complexity index is 722. The highest BCUT2D eigenvalue weighted by atomic mass is 79.9. The first-order chi connectivity index (χ1) is 12.1. The maximum atomic E-state index is 12.8. The van der Waals surface area contributed by atoms with E-state index in [9.17, 15) is 13.2 Å². The quantitative estimate of drug-likeness (QED) is 0.437. The summed E-state index contributed by atoms with van der Waals surface area (Å²) in [4.78, 5) is 0. The van der Waals surface area contributed by atoms with E-state index in [4.69, 9.17) is 8.85 Å². The Morgan fingerprint density at radius 2 is 1.38 bits per heavy atom. The number of benzene rings is 2. The first kappa shape index (κ1) is 20.8. The predicted molar refractivity (Wildman–Crippen MR) is 103 cm³/mol. The van der Waals surface area contributed by atoms with Crippen molar-refractivity contribution in [3.63, 3.8) is 0 Å². The Morgan fingerprint density at radius 3 is 1.85 bits per heavy atom. The second-order valence-electron chi connectivity index (χ2n) is 6.69. The molecular formula is C19H22BrF3O2Si. The lowest BCUT2D eigenvalue weighted by Crippen LogP contribution is -2.54. The van der Waals surface area contributed by atoms with Gasteiger partial charge in [0.1, 0.15) is 11.5 Å². The van der Waals surface area contributed by atoms with Crippen molar-refractivity contribution in [3.8, 4) is 11.5 Å². The molecule has 0 saturated heterocycles. The van der Waals surface area contributed by atoms with Crippen LogP contribution in [-0.4, -0.2) is 8.56 Å². The molecule has 2 aromatic rings. The molecule has 2 nitrogen and oxygen atoms in total. The molecule has 0 aromatic heterocycles. The molecule has 0 amide bonds. The van der Waals surface area contributed by atoms with Crippen molar-refractivity contribution >= 4 is 24.5 Å². The molecule has 0 heterocycles. The predicted octanol–water partition coefficient (Wildman–Crippen LogP) is 7.19. The number of alkyl halides is 3. The molecule has 0 radical (unpaired) electrons. The summed E-state index contributed by atoms with van der Waals surface area (Å²) in [7, 11) is -2.84. The van der Waals surface area contributed by atoms with Crippen molar-refractivity contribution in [3.05, 3.63) is 58.6 Å². The van der Waals surface area contributed by atoms with E-state index in [0.717, 1.165) is 16.6 Å². The summed E-state index contributed by atoms with van der Waals surface area (Å²) in [5.41, 5.74) is -0.535. The van der Waals surface area contributed by atoms with Gasteiger partial charge in [-0.05, 0) is 52.3 Å². The van der Waals surface area contributed by atoms with Gasteiger partial charge in [0.2, 0.25) is 0 Å². The summed E-state index contributed by atoms with van der Waals surface area (Å²) in [6.07, 6.45) is -4.37. The van der Waals surface area contributed by atoms with Gasteiger partial charge in [0.25, 0.3) is 0 Å². The first-order valence-electron chi connectivity index (χ1n) is 8.36. The normalized spacial score (nSPS) is 12.5. The Kier molecular flexibility index (Phi) is 6.45. The number of halogens is 4. The molecule has 142 valence electrons. The molecule has 0 bridgehead atoms. The molecular weight excluding hydrogens is 425 g/mol. The van der Waals surface area contributed by atoms with Gasteiger partial charge < -0.3 is 8.85 Å². The van der Waals surface area contributed by atoms with Crippen LogP contribution in [-0.2, 0) is 6.18 Å². The third-order valence-corrected chi connectivity index (χ3v) is 9.14. The monoisotopic (exact) mass is 446 g/mol. The van der Waals surface area contributed by atoms with Crippen LogP contribution in [0.25, 0.3) is 0 Å². The van der Waals surface area contributed by atoms with Gasteiger partial charge in [0, 0.05) is 11.1 Å². The van der Waals surface area contributed by atoms with Crippen LogP contribution in [0.3, 0.4) is 0 Å². The average molecular weight is 447 g/mol. The van der Waals surface area contributed by atoms with E-state index < -0.39 is 20.3 Å². The van der Waals surface area contributed by atoms with E-state index in [1.807, 2.05) is 52.0 Å². The lowest BCUT2D eigenvalue weighted by Gasteiger charge is -2.38. The average Bonchev–Trinajstić information content (AvgIpc) is 2.55. The van der Waals surface area contributed by atoms with E-state index in [2.05, 4.69) is 15.9 Å². The number of hydrogen-bond donors (Lipinski definition) is 0. The van der Waals surface area contributed by atoms with Crippen LogP contribution in [0.5, 0.6) is 11.5 Å². The summed E-state index contributed by atoms with van der Waals surface area (Å²) < 4.78 is 51.9. The van der Waals surface area contributed by atoms with Crippen molar-refractivity contribution in [2.45, 2.75) is 45.0 Å². The number of para-hydroxylation sites is 1. The molecule has 7 heteroatoms. The maximum Gasteiger partial charge on any atom is 0.465 e. The smallest absolute Gasteiger partial charge is 0.465 e. The van der Waals surface area contributed by atoms with Gasteiger partial charge in [-0.1, -0.05) is 39.8 Å². The summed E-state index contributed by atoms with van der Waals surface area (Å²) in [6.45, 7) is 8.08. The minimum Gasteiger partial charge on any atom is -0.512 e. The second-order valence-corrected chi connectivity index (χ2v) is 11.7. The van der Waals surface area contributed by atoms with Gasteiger partial charge in [0.05, 0.1) is 10.0 Å². The molecule has 0 fully saturated rings. The van der Waals surface area contributed by atoms with E-state index in [1.54, 1.807) is 0 Å². The summed E-state index contributed by atoms with van der Waals surface area (Å²) in [6, 6.07) is 12.3. The third-order valence-electron chi connectivity index (χ3n) is 4.17. The molecule has 0 unspecified atom stereocenters. The van der Waals surface area contributed by atoms with Crippen molar-refractivity contribution < 1.29 is 22.0 Å². The van der Waals surface area contributed by atoms with Crippen molar-refractivity contribution in [2.24, 2.45) is 0 Å². The van der Waals surface area contributed by atoms with Crippen molar-refractivity contribution in [1.82, 2.24) is 0 Å². The van der Waals surface area contributed by atoms with E-state index in [-0.39, 0.29) is 11.1 Å². The van der Waals surface area contributed by atoms with Crippen molar-refractivity contribution in [2.75, 3.05) is 0 Å². The summed E-state index contributed by atoms with van der Waals surface area (Å²) >= 11 is 3.48. The van der Waals surface area contributed by atoms with Crippen LogP contribution in [0, 0.1) is 0 Å². The largest absolute Gasteiger partial charge is 0.512 e. The van der Waals surface area contributed by atoms with Gasteiger partial charge in [0.15, 0.2) is 0 Å². The van der Waals surface area contributed by atoms with Crippen LogP contribution < -0.4 is 8.85 Å². The Morgan fingerprint density at radius 1 is 0.846 bits per heavy atom. The third kappa shape index (κ3) is 4.62. The Hall–Kier alpha value is -1.47. The molecule has 0 N–H and O–H groups in total. The molecule has 2 aromatic carbocycles. The lowest BCUT2D eigenvalue weighted by atomic mass is 10.2. The van der Waals surface area contributed by atoms with Gasteiger partial charge >= 0.3 is 14.7 Å². The van der Waals surface area contributed by atoms with Crippen LogP contribution in [0.2, 0.25) is 11.1 Å². The van der Waals surface area contributed by atoms with Gasteiger partial charge in [-0.15, -0.1) is 0 Å². The van der Waals surface area contributed by atoms with E-state index in [0.29, 0.717) is 11.5 Å². The SMILES string of the molecule is CC(C)[Si](Oc1ccc(C(F)(F)F)cc1)(Oc1ccccc1Br)C(C)C. The molecule has 2 rings (SSSR count). The molecule has 0 aliphatic carbocycles. The highest BCUT2D eigenvalue weighted by molar-refractivity contribution is 9.10. The van der Waals surface area contributed by atoms with Gasteiger partial charge in [-0.25, -0.2) is 0 Å². The standard InChI is InChI=1S/C19H22BrF3O2Si/c1-13(2)26(14(3)4,25-18-8-6-5-7-17(18)20)24-16-11-9-15(10-12-16)19(21,22)23/h5-14H,1-4H3. The van der Waals surface area contributed by atoms with Crippen LogP contribution in [0.15, 0.2) is 53.0 Å². The summed E-state index contributed by atoms with van der Waals surface area (Å²) in [5, 5.41) is 0. The topological polar surface area (TPSA) is 18.5 Å². The molecule has 26 heavy (non-hydrogen) atoms. The fraction of sp³-hybridized carbons (Fsp3) is 0.368. The molecule has 0 aliphatic heterocycles. The van der Waals surface area contributed by atoms with Crippen LogP contribution in [0.4, 0.5) is 13.2 Å². The highest BCUT2D eigenvalue weighted by Gasteiger charge is 2.49. The highest BCUT2D eigenvalue weighted by Crippen LogP contribution is 2.39. The molecule has 0 atom stereocenters. The Labute approximate surface area is 161 Å². The minimum absolute atomic E-state index is 0.0805. The van der Waals surface area contributed by atoms with E-state index >= 15 is 0 Å². The minimum atomic E-state index is -4.37. The molecule has 0 spiro atoms. The second kappa shape index (κ2) is 8.04.